The van der Waals surface area contributed by atoms with Crippen LogP contribution in [0, 0.1) is 12.8 Å². The summed E-state index contributed by atoms with van der Waals surface area (Å²) in [7, 11) is 1.70. The molecule has 0 aliphatic heterocycles. The van der Waals surface area contributed by atoms with Crippen LogP contribution in [-0.2, 0) is 4.74 Å². The molecule has 0 spiro atoms. The van der Waals surface area contributed by atoms with Gasteiger partial charge in [-0.2, -0.15) is 0 Å². The lowest BCUT2D eigenvalue weighted by Gasteiger charge is -2.23. The fourth-order valence-corrected chi connectivity index (χ4v) is 5.02. The van der Waals surface area contributed by atoms with Crippen LogP contribution >= 0.6 is 11.3 Å². The third-order valence-electron chi connectivity index (χ3n) is 6.50. The molecule has 2 aromatic heterocycles. The summed E-state index contributed by atoms with van der Waals surface area (Å²) in [6.45, 7) is 7.07. The van der Waals surface area contributed by atoms with Crippen molar-refractivity contribution in [3.8, 4) is 16.3 Å². The minimum Gasteiger partial charge on any atom is -0.493 e. The molecule has 1 saturated carbocycles. The van der Waals surface area contributed by atoms with Gasteiger partial charge in [0.1, 0.15) is 10.8 Å². The molecule has 4 rings (SSSR count). The average Bonchev–Trinajstić information content (AvgIpc) is 3.30. The number of amides is 1. The number of nitrogens with one attached hydrogen (secondary N) is 1. The number of benzene rings is 1. The van der Waals surface area contributed by atoms with E-state index in [-0.39, 0.29) is 17.9 Å². The third kappa shape index (κ3) is 6.44. The van der Waals surface area contributed by atoms with E-state index in [1.165, 1.54) is 24.1 Å². The van der Waals surface area contributed by atoms with Crippen molar-refractivity contribution in [2.75, 3.05) is 20.3 Å². The summed E-state index contributed by atoms with van der Waals surface area (Å²) >= 11 is 1.71. The van der Waals surface area contributed by atoms with Crippen LogP contribution in [0.1, 0.15) is 78.1 Å². The molecule has 2 heterocycles. The second-order valence-corrected chi connectivity index (χ2v) is 10.3. The highest BCUT2D eigenvalue weighted by atomic mass is 32.1. The van der Waals surface area contributed by atoms with Crippen LogP contribution in [0.3, 0.4) is 0 Å². The smallest absolute Gasteiger partial charge is 0.251 e. The second-order valence-electron chi connectivity index (χ2n) is 9.26. The van der Waals surface area contributed by atoms with E-state index in [1.54, 1.807) is 36.9 Å². The maximum absolute atomic E-state index is 13.2. The first kappa shape index (κ1) is 25.3. The van der Waals surface area contributed by atoms with Gasteiger partial charge < -0.3 is 14.8 Å². The van der Waals surface area contributed by atoms with Gasteiger partial charge in [0.2, 0.25) is 0 Å². The molecule has 1 fully saturated rings. The van der Waals surface area contributed by atoms with E-state index >= 15 is 0 Å². The fourth-order valence-electron chi connectivity index (χ4n) is 3.95. The predicted molar refractivity (Wildman–Crippen MR) is 138 cm³/mol. The highest BCUT2D eigenvalue weighted by Crippen LogP contribution is 2.41. The lowest BCUT2D eigenvalue weighted by atomic mass is 9.85. The molecule has 8 heteroatoms. The first-order chi connectivity index (χ1) is 17.0. The molecular weight excluding hydrogens is 460 g/mol. The second kappa shape index (κ2) is 11.7. The Morgan fingerprint density at radius 3 is 2.63 bits per heavy atom. The predicted octanol–water partition coefficient (Wildman–Crippen LogP) is 5.72. The Morgan fingerprint density at radius 1 is 1.14 bits per heavy atom. The molecule has 1 amide bonds. The van der Waals surface area contributed by atoms with Crippen molar-refractivity contribution in [1.82, 2.24) is 20.3 Å². The zero-order valence-electron chi connectivity index (χ0n) is 20.9. The van der Waals surface area contributed by atoms with Crippen molar-refractivity contribution in [3.05, 3.63) is 58.6 Å². The Morgan fingerprint density at radius 2 is 1.97 bits per heavy atom. The number of hydrogen-bond acceptors (Lipinski definition) is 7. The van der Waals surface area contributed by atoms with E-state index in [4.69, 9.17) is 9.47 Å². The number of rotatable bonds is 11. The number of carbonyl (C=O) groups excluding carboxylic acids is 1. The van der Waals surface area contributed by atoms with E-state index in [9.17, 15) is 4.79 Å². The van der Waals surface area contributed by atoms with Gasteiger partial charge in [-0.1, -0.05) is 13.3 Å². The van der Waals surface area contributed by atoms with Crippen molar-refractivity contribution >= 4 is 17.2 Å². The maximum Gasteiger partial charge on any atom is 0.251 e. The van der Waals surface area contributed by atoms with Gasteiger partial charge in [-0.15, -0.1) is 11.3 Å². The molecule has 0 unspecified atom stereocenters. The zero-order valence-corrected chi connectivity index (χ0v) is 21.7. The largest absolute Gasteiger partial charge is 0.493 e. The van der Waals surface area contributed by atoms with Gasteiger partial charge in [0.15, 0.2) is 0 Å². The molecule has 35 heavy (non-hydrogen) atoms. The SMILES string of the molecule is CC[C@@H](COC)COc1cc(C(=O)N[C@H](C)c2cnc(C)cn2)cc(-c2ncc(C3CCC3)s2)c1. The van der Waals surface area contributed by atoms with Crippen molar-refractivity contribution in [2.45, 2.75) is 58.4 Å². The van der Waals surface area contributed by atoms with Gasteiger partial charge in [-0.3, -0.25) is 14.8 Å². The summed E-state index contributed by atoms with van der Waals surface area (Å²) in [4.78, 5) is 27.9. The minimum atomic E-state index is -0.278. The van der Waals surface area contributed by atoms with Crippen LogP contribution in [0.25, 0.3) is 10.6 Å². The highest BCUT2D eigenvalue weighted by molar-refractivity contribution is 7.15. The van der Waals surface area contributed by atoms with Crippen LogP contribution in [0.4, 0.5) is 0 Å². The standard InChI is InChI=1S/C27H34N4O3S/c1-5-19(15-33-4)16-34-23-10-21(26(32)31-18(3)24-13-28-17(2)12-29-24)9-22(11-23)27-30-14-25(35-27)20-7-6-8-20/h9-14,18-20H,5-8,15-16H2,1-4H3,(H,31,32)/t18-,19+/m1/s1. The molecule has 1 N–H and O–H groups in total. The van der Waals surface area contributed by atoms with Gasteiger partial charge >= 0.3 is 0 Å². The van der Waals surface area contributed by atoms with Crippen LogP contribution in [-0.4, -0.2) is 41.2 Å². The number of methoxy groups -OCH3 is 1. The van der Waals surface area contributed by atoms with Gasteiger partial charge in [0.25, 0.3) is 5.91 Å². The summed E-state index contributed by atoms with van der Waals surface area (Å²) in [5, 5.41) is 3.95. The molecule has 1 aliphatic carbocycles. The molecule has 0 saturated heterocycles. The average molecular weight is 495 g/mol. The molecule has 1 aromatic carbocycles. The summed E-state index contributed by atoms with van der Waals surface area (Å²) in [6, 6.07) is 5.40. The fraction of sp³-hybridized carbons (Fsp3) is 0.481. The molecule has 0 radical (unpaired) electrons. The number of nitrogens with zero attached hydrogens (tertiary/aromatic N) is 3. The molecule has 186 valence electrons. The van der Waals surface area contributed by atoms with Crippen molar-refractivity contribution in [1.29, 1.82) is 0 Å². The molecule has 7 nitrogen and oxygen atoms in total. The van der Waals surface area contributed by atoms with Crippen LogP contribution in [0.15, 0.2) is 36.8 Å². The lowest BCUT2D eigenvalue weighted by molar-refractivity contribution is 0.0937. The Kier molecular flexibility index (Phi) is 8.46. The Labute approximate surface area is 211 Å². The quantitative estimate of drug-likeness (QED) is 0.367. The van der Waals surface area contributed by atoms with Gasteiger partial charge in [0, 0.05) is 41.4 Å². The number of aromatic nitrogens is 3. The first-order valence-corrected chi connectivity index (χ1v) is 13.1. The Hall–Kier alpha value is -2.84. The van der Waals surface area contributed by atoms with Crippen molar-refractivity contribution in [2.24, 2.45) is 5.92 Å². The van der Waals surface area contributed by atoms with E-state index in [0.717, 1.165) is 22.7 Å². The zero-order chi connectivity index (χ0) is 24.8. The number of aryl methyl sites for hydroxylation is 1. The summed E-state index contributed by atoms with van der Waals surface area (Å²) in [6.07, 6.45) is 10.1. The first-order valence-electron chi connectivity index (χ1n) is 12.3. The Bertz CT molecular complexity index is 1130. The topological polar surface area (TPSA) is 86.2 Å². The van der Waals surface area contributed by atoms with Crippen LogP contribution < -0.4 is 10.1 Å². The summed E-state index contributed by atoms with van der Waals surface area (Å²) < 4.78 is 11.5. The molecule has 3 aromatic rings. The maximum atomic E-state index is 13.2. The monoisotopic (exact) mass is 494 g/mol. The van der Waals surface area contributed by atoms with E-state index < -0.39 is 0 Å². The van der Waals surface area contributed by atoms with Crippen molar-refractivity contribution in [3.63, 3.8) is 0 Å². The summed E-state index contributed by atoms with van der Waals surface area (Å²) in [5.41, 5.74) is 2.98. The van der Waals surface area contributed by atoms with E-state index in [0.29, 0.717) is 36.1 Å². The molecule has 1 aliphatic rings. The van der Waals surface area contributed by atoms with Gasteiger partial charge in [0.05, 0.1) is 36.8 Å². The normalized spacial score (nSPS) is 15.3. The molecule has 2 atom stereocenters. The van der Waals surface area contributed by atoms with Gasteiger partial charge in [-0.25, -0.2) is 4.98 Å². The number of hydrogen-bond donors (Lipinski definition) is 1. The van der Waals surface area contributed by atoms with E-state index in [1.807, 2.05) is 32.2 Å². The summed E-state index contributed by atoms with van der Waals surface area (Å²) in [5.74, 6) is 1.38. The number of ether oxygens (including phenoxy) is 2. The van der Waals surface area contributed by atoms with Crippen LogP contribution in [0.5, 0.6) is 5.75 Å². The van der Waals surface area contributed by atoms with Crippen LogP contribution in [0.2, 0.25) is 0 Å². The number of carbonyl (C=O) groups is 1. The Balaban J connectivity index is 1.57. The van der Waals surface area contributed by atoms with Gasteiger partial charge in [-0.05, 0) is 57.2 Å². The van der Waals surface area contributed by atoms with Crippen molar-refractivity contribution < 1.29 is 14.3 Å². The number of thiazole rings is 1. The lowest BCUT2D eigenvalue weighted by Crippen LogP contribution is -2.27. The third-order valence-corrected chi connectivity index (χ3v) is 7.71. The minimum absolute atomic E-state index is 0.189. The molecular formula is C27H34N4O3S. The van der Waals surface area contributed by atoms with E-state index in [2.05, 4.69) is 27.2 Å². The molecule has 0 bridgehead atoms. The highest BCUT2D eigenvalue weighted by Gasteiger charge is 2.23.